The van der Waals surface area contributed by atoms with Crippen LogP contribution in [0.5, 0.6) is 0 Å². The maximum Gasteiger partial charge on any atom is 0.0603 e. The van der Waals surface area contributed by atoms with E-state index in [0.29, 0.717) is 10.0 Å². The second-order valence-corrected chi connectivity index (χ2v) is 6.91. The molecule has 4 heteroatoms. The van der Waals surface area contributed by atoms with E-state index in [4.69, 9.17) is 28.9 Å². The van der Waals surface area contributed by atoms with Gasteiger partial charge in [0.25, 0.3) is 0 Å². The molecule has 2 aromatic rings. The van der Waals surface area contributed by atoms with Crippen LogP contribution in [0, 0.1) is 6.92 Å². The second kappa shape index (κ2) is 6.86. The van der Waals surface area contributed by atoms with Crippen molar-refractivity contribution in [3.63, 3.8) is 0 Å². The van der Waals surface area contributed by atoms with Gasteiger partial charge in [-0.15, -0.1) is 11.8 Å². The van der Waals surface area contributed by atoms with Gasteiger partial charge in [0, 0.05) is 16.2 Å². The fourth-order valence-corrected chi connectivity index (χ4v) is 3.43. The molecule has 2 N–H and O–H groups in total. The molecule has 2 aromatic carbocycles. The summed E-state index contributed by atoms with van der Waals surface area (Å²) in [6.45, 7) is 4.10. The number of hydrogen-bond acceptors (Lipinski definition) is 2. The molecule has 0 heterocycles. The van der Waals surface area contributed by atoms with Crippen LogP contribution >= 0.6 is 35.0 Å². The normalized spacial score (nSPS) is 14.1. The molecule has 0 spiro atoms. The molecule has 0 aliphatic rings. The van der Waals surface area contributed by atoms with Gasteiger partial charge in [-0.3, -0.25) is 0 Å². The van der Waals surface area contributed by atoms with Crippen LogP contribution in [0.4, 0.5) is 0 Å². The van der Waals surface area contributed by atoms with Crippen LogP contribution in [0.25, 0.3) is 0 Å². The van der Waals surface area contributed by atoms with E-state index in [1.54, 1.807) is 11.8 Å². The summed E-state index contributed by atoms with van der Waals surface area (Å²) >= 11 is 13.7. The van der Waals surface area contributed by atoms with Crippen molar-refractivity contribution in [2.24, 2.45) is 5.73 Å². The van der Waals surface area contributed by atoms with E-state index >= 15 is 0 Å². The Hall–Kier alpha value is -0.670. The Kier molecular flexibility index (Phi) is 5.39. The maximum absolute atomic E-state index is 6.14. The highest BCUT2D eigenvalue weighted by molar-refractivity contribution is 7.99. The van der Waals surface area contributed by atoms with Gasteiger partial charge in [-0.05, 0) is 37.6 Å². The van der Waals surface area contributed by atoms with Crippen LogP contribution < -0.4 is 5.73 Å². The van der Waals surface area contributed by atoms with E-state index in [-0.39, 0.29) is 11.3 Å². The number of halogens is 2. The summed E-state index contributed by atoms with van der Waals surface area (Å²) in [6, 6.07) is 14.2. The third kappa shape index (κ3) is 3.92. The highest BCUT2D eigenvalue weighted by atomic mass is 35.5. The summed E-state index contributed by atoms with van der Waals surface area (Å²) in [7, 11) is 0. The molecule has 1 nitrogen and oxygen atoms in total. The predicted octanol–water partition coefficient (Wildman–Crippen LogP) is 5.48. The molecule has 0 fully saturated rings. The summed E-state index contributed by atoms with van der Waals surface area (Å²) in [5.74, 6) is 0. The molecule has 20 heavy (non-hydrogen) atoms. The summed E-state index contributed by atoms with van der Waals surface area (Å²) in [5, 5.41) is 1.33. The van der Waals surface area contributed by atoms with Crippen molar-refractivity contribution in [1.29, 1.82) is 0 Å². The first-order valence-electron chi connectivity index (χ1n) is 6.41. The van der Waals surface area contributed by atoms with Crippen molar-refractivity contribution in [2.45, 2.75) is 30.0 Å². The highest BCUT2D eigenvalue weighted by Crippen LogP contribution is 2.39. The van der Waals surface area contributed by atoms with Gasteiger partial charge >= 0.3 is 0 Å². The fraction of sp³-hybridized carbons (Fsp3) is 0.250. The molecule has 0 saturated heterocycles. The maximum atomic E-state index is 6.14. The minimum atomic E-state index is 0.0390. The topological polar surface area (TPSA) is 26.0 Å². The average molecular weight is 326 g/mol. The van der Waals surface area contributed by atoms with Gasteiger partial charge in [-0.1, -0.05) is 53.0 Å². The average Bonchev–Trinajstić information content (AvgIpc) is 2.41. The van der Waals surface area contributed by atoms with Gasteiger partial charge in [0.2, 0.25) is 0 Å². The molecule has 0 aliphatic heterocycles. The van der Waals surface area contributed by atoms with Crippen molar-refractivity contribution in [3.8, 4) is 0 Å². The molecule has 0 radical (unpaired) electrons. The zero-order valence-electron chi connectivity index (χ0n) is 11.4. The molecule has 2 rings (SSSR count). The zero-order chi connectivity index (χ0) is 14.7. The van der Waals surface area contributed by atoms with E-state index in [1.165, 1.54) is 11.1 Å². The third-order valence-corrected chi connectivity index (χ3v) is 5.26. The largest absolute Gasteiger partial charge is 0.327 e. The Morgan fingerprint density at radius 3 is 2.20 bits per heavy atom. The minimum absolute atomic E-state index is 0.0390. The quantitative estimate of drug-likeness (QED) is 0.753. The van der Waals surface area contributed by atoms with Gasteiger partial charge < -0.3 is 5.73 Å². The van der Waals surface area contributed by atoms with Gasteiger partial charge in [-0.2, -0.15) is 0 Å². The Morgan fingerprint density at radius 2 is 1.65 bits per heavy atom. The smallest absolute Gasteiger partial charge is 0.0603 e. The van der Waals surface area contributed by atoms with Gasteiger partial charge in [-0.25, -0.2) is 0 Å². The van der Waals surface area contributed by atoms with E-state index < -0.39 is 0 Å². The zero-order valence-corrected chi connectivity index (χ0v) is 13.8. The molecular formula is C16H17Cl2NS. The summed E-state index contributed by atoms with van der Waals surface area (Å²) in [5.41, 5.74) is 8.61. The number of hydrogen-bond donors (Lipinski definition) is 1. The number of benzene rings is 2. The monoisotopic (exact) mass is 325 g/mol. The Balaban J connectivity index is 2.25. The lowest BCUT2D eigenvalue weighted by Gasteiger charge is -2.21. The van der Waals surface area contributed by atoms with Crippen LogP contribution in [0.2, 0.25) is 10.0 Å². The standard InChI is InChI=1S/C16H17Cl2NS/c1-10-3-5-12(6-4-10)16(11(2)19)20-13-7-8-14(17)15(18)9-13/h3-9,11,16H,19H2,1-2H3. The molecule has 0 aromatic heterocycles. The fourth-order valence-electron chi connectivity index (χ4n) is 1.93. The second-order valence-electron chi connectivity index (χ2n) is 4.88. The molecule has 0 aliphatic carbocycles. The number of rotatable bonds is 4. The van der Waals surface area contributed by atoms with Crippen molar-refractivity contribution in [1.82, 2.24) is 0 Å². The summed E-state index contributed by atoms with van der Waals surface area (Å²) in [4.78, 5) is 1.07. The van der Waals surface area contributed by atoms with E-state index in [2.05, 4.69) is 31.2 Å². The molecular weight excluding hydrogens is 309 g/mol. The van der Waals surface area contributed by atoms with Gasteiger partial charge in [0.1, 0.15) is 0 Å². The lowest BCUT2D eigenvalue weighted by molar-refractivity contribution is 0.721. The molecule has 106 valence electrons. The lowest BCUT2D eigenvalue weighted by Crippen LogP contribution is -2.22. The van der Waals surface area contributed by atoms with Crippen LogP contribution in [-0.4, -0.2) is 6.04 Å². The highest BCUT2D eigenvalue weighted by Gasteiger charge is 2.18. The Labute approximate surface area is 134 Å². The Morgan fingerprint density at radius 1 is 1.00 bits per heavy atom. The SMILES string of the molecule is Cc1ccc(C(Sc2ccc(Cl)c(Cl)c2)C(C)N)cc1. The molecule has 0 bridgehead atoms. The number of aryl methyl sites for hydroxylation is 1. The van der Waals surface area contributed by atoms with Crippen molar-refractivity contribution >= 4 is 35.0 Å². The van der Waals surface area contributed by atoms with Crippen LogP contribution in [-0.2, 0) is 0 Å². The van der Waals surface area contributed by atoms with E-state index in [9.17, 15) is 0 Å². The van der Waals surface area contributed by atoms with Crippen LogP contribution in [0.15, 0.2) is 47.4 Å². The first kappa shape index (κ1) is 15.7. The van der Waals surface area contributed by atoms with Crippen molar-refractivity contribution in [2.75, 3.05) is 0 Å². The molecule has 0 saturated carbocycles. The first-order valence-corrected chi connectivity index (χ1v) is 8.05. The number of thioether (sulfide) groups is 1. The van der Waals surface area contributed by atoms with E-state index in [0.717, 1.165) is 4.90 Å². The summed E-state index contributed by atoms with van der Waals surface area (Å²) in [6.07, 6.45) is 0. The van der Waals surface area contributed by atoms with Crippen molar-refractivity contribution in [3.05, 3.63) is 63.6 Å². The van der Waals surface area contributed by atoms with Crippen molar-refractivity contribution < 1.29 is 0 Å². The summed E-state index contributed by atoms with van der Waals surface area (Å²) < 4.78 is 0. The molecule has 2 unspecified atom stereocenters. The Bertz CT molecular complexity index is 582. The van der Waals surface area contributed by atoms with Gasteiger partial charge in [0.05, 0.1) is 10.0 Å². The lowest BCUT2D eigenvalue weighted by atomic mass is 10.1. The predicted molar refractivity (Wildman–Crippen MR) is 89.9 cm³/mol. The van der Waals surface area contributed by atoms with Crippen LogP contribution in [0.3, 0.4) is 0 Å². The molecule has 2 atom stereocenters. The number of nitrogens with two attached hydrogens (primary N) is 1. The minimum Gasteiger partial charge on any atom is -0.327 e. The first-order chi connectivity index (χ1) is 9.47. The third-order valence-electron chi connectivity index (χ3n) is 3.04. The van der Waals surface area contributed by atoms with E-state index in [1.807, 2.05) is 25.1 Å². The van der Waals surface area contributed by atoms with Crippen LogP contribution in [0.1, 0.15) is 23.3 Å². The molecule has 0 amide bonds. The van der Waals surface area contributed by atoms with Gasteiger partial charge in [0.15, 0.2) is 0 Å².